The standard InChI is InChI=1S/C26H31N3O4/c1-18-25(28(2)23(30)15-12-19-7-4-5-8-19)29-16-6-9-22(24(29)27-18)33-17-20-10-13-21(14-11-20)26(31)32-3/h6,9-11,13-14,16,19H,4-5,7-8,12,15,17H2,1-3H3. The van der Waals surface area contributed by atoms with E-state index in [1.165, 1.54) is 32.8 Å². The molecule has 2 aromatic heterocycles. The number of hydrogen-bond donors (Lipinski definition) is 0. The third-order valence-electron chi connectivity index (χ3n) is 6.46. The average Bonchev–Trinajstić information content (AvgIpc) is 3.47. The van der Waals surface area contributed by atoms with E-state index in [0.29, 0.717) is 35.9 Å². The highest BCUT2D eigenvalue weighted by Gasteiger charge is 2.22. The first-order valence-electron chi connectivity index (χ1n) is 11.5. The molecule has 7 nitrogen and oxygen atoms in total. The highest BCUT2D eigenvalue weighted by molar-refractivity contribution is 5.93. The number of rotatable bonds is 8. The minimum atomic E-state index is -0.366. The second-order valence-corrected chi connectivity index (χ2v) is 8.71. The quantitative estimate of drug-likeness (QED) is 0.456. The molecular weight excluding hydrogens is 418 g/mol. The molecule has 1 aromatic carbocycles. The van der Waals surface area contributed by atoms with Gasteiger partial charge in [0.25, 0.3) is 0 Å². The summed E-state index contributed by atoms with van der Waals surface area (Å²) in [6.07, 6.45) is 8.51. The number of methoxy groups -OCH3 is 1. The number of imidazole rings is 1. The Kier molecular flexibility index (Phi) is 6.96. The van der Waals surface area contributed by atoms with Gasteiger partial charge >= 0.3 is 5.97 Å². The van der Waals surface area contributed by atoms with E-state index in [0.717, 1.165) is 23.5 Å². The van der Waals surface area contributed by atoms with Crippen LogP contribution in [0.5, 0.6) is 5.75 Å². The second kappa shape index (κ2) is 10.1. The SMILES string of the molecule is COC(=O)c1ccc(COc2cccn3c(N(C)C(=O)CCC4CCCC4)c(C)nc23)cc1. The van der Waals surface area contributed by atoms with Crippen molar-refractivity contribution in [2.45, 2.75) is 52.1 Å². The molecule has 1 fully saturated rings. The van der Waals surface area contributed by atoms with Crippen LogP contribution in [-0.2, 0) is 16.1 Å². The zero-order chi connectivity index (χ0) is 23.4. The Morgan fingerprint density at radius 3 is 2.58 bits per heavy atom. The molecule has 174 valence electrons. The molecule has 0 spiro atoms. The number of hydrogen-bond acceptors (Lipinski definition) is 5. The number of fused-ring (bicyclic) bond motifs is 1. The van der Waals surface area contributed by atoms with Gasteiger partial charge in [-0.05, 0) is 49.1 Å². The number of pyridine rings is 1. The molecule has 3 aromatic rings. The van der Waals surface area contributed by atoms with Crippen molar-refractivity contribution >= 4 is 23.3 Å². The number of carbonyl (C=O) groups is 2. The number of amides is 1. The summed E-state index contributed by atoms with van der Waals surface area (Å²) >= 11 is 0. The molecule has 0 saturated heterocycles. The predicted octanol–water partition coefficient (Wildman–Crippen LogP) is 4.94. The molecule has 33 heavy (non-hydrogen) atoms. The predicted molar refractivity (Wildman–Crippen MR) is 127 cm³/mol. The Balaban J connectivity index is 1.48. The summed E-state index contributed by atoms with van der Waals surface area (Å²) in [5.74, 6) is 1.84. The summed E-state index contributed by atoms with van der Waals surface area (Å²) in [4.78, 5) is 30.9. The lowest BCUT2D eigenvalue weighted by Gasteiger charge is -2.19. The van der Waals surface area contributed by atoms with Gasteiger partial charge in [-0.25, -0.2) is 9.78 Å². The van der Waals surface area contributed by atoms with Crippen molar-refractivity contribution in [3.8, 4) is 5.75 Å². The van der Waals surface area contributed by atoms with Crippen molar-refractivity contribution < 1.29 is 19.1 Å². The van der Waals surface area contributed by atoms with Crippen molar-refractivity contribution in [3.05, 3.63) is 59.4 Å². The van der Waals surface area contributed by atoms with Crippen LogP contribution >= 0.6 is 0 Å². The van der Waals surface area contributed by atoms with Gasteiger partial charge in [-0.3, -0.25) is 14.1 Å². The van der Waals surface area contributed by atoms with Gasteiger partial charge in [0, 0.05) is 19.7 Å². The van der Waals surface area contributed by atoms with E-state index >= 15 is 0 Å². The average molecular weight is 450 g/mol. The molecule has 0 unspecified atom stereocenters. The number of esters is 1. The smallest absolute Gasteiger partial charge is 0.337 e. The number of benzene rings is 1. The van der Waals surface area contributed by atoms with Gasteiger partial charge in [0.1, 0.15) is 12.4 Å². The van der Waals surface area contributed by atoms with Gasteiger partial charge in [-0.15, -0.1) is 0 Å². The van der Waals surface area contributed by atoms with Crippen LogP contribution in [0.3, 0.4) is 0 Å². The van der Waals surface area contributed by atoms with E-state index in [1.54, 1.807) is 17.0 Å². The lowest BCUT2D eigenvalue weighted by Crippen LogP contribution is -2.28. The van der Waals surface area contributed by atoms with E-state index in [2.05, 4.69) is 0 Å². The fraction of sp³-hybridized carbons (Fsp3) is 0.423. The molecule has 1 saturated carbocycles. The number of anilines is 1. The zero-order valence-corrected chi connectivity index (χ0v) is 19.5. The molecular formula is C26H31N3O4. The normalized spacial score (nSPS) is 13.9. The van der Waals surface area contributed by atoms with Gasteiger partial charge in [0.2, 0.25) is 5.91 Å². The van der Waals surface area contributed by atoms with E-state index < -0.39 is 0 Å². The van der Waals surface area contributed by atoms with Crippen LogP contribution < -0.4 is 9.64 Å². The summed E-state index contributed by atoms with van der Waals surface area (Å²) in [5, 5.41) is 0. The Morgan fingerprint density at radius 1 is 1.15 bits per heavy atom. The van der Waals surface area contributed by atoms with Crippen molar-refractivity contribution in [1.29, 1.82) is 0 Å². The molecule has 1 aliphatic carbocycles. The van der Waals surface area contributed by atoms with Crippen LogP contribution in [-0.4, -0.2) is 35.4 Å². The molecule has 0 aliphatic heterocycles. The van der Waals surface area contributed by atoms with Crippen LogP contribution in [0, 0.1) is 12.8 Å². The van der Waals surface area contributed by atoms with E-state index in [-0.39, 0.29) is 11.9 Å². The number of carbonyl (C=O) groups excluding carboxylic acids is 2. The lowest BCUT2D eigenvalue weighted by molar-refractivity contribution is -0.118. The third kappa shape index (κ3) is 5.02. The molecule has 0 atom stereocenters. The highest BCUT2D eigenvalue weighted by atomic mass is 16.5. The maximum atomic E-state index is 12.9. The van der Waals surface area contributed by atoms with Crippen LogP contribution in [0.15, 0.2) is 42.6 Å². The minimum absolute atomic E-state index is 0.115. The molecule has 4 rings (SSSR count). The van der Waals surface area contributed by atoms with Crippen molar-refractivity contribution in [2.24, 2.45) is 5.92 Å². The van der Waals surface area contributed by atoms with Gasteiger partial charge in [-0.2, -0.15) is 0 Å². The molecule has 1 aliphatic rings. The topological polar surface area (TPSA) is 73.1 Å². The fourth-order valence-corrected chi connectivity index (χ4v) is 4.59. The number of aryl methyl sites for hydroxylation is 1. The first-order valence-corrected chi connectivity index (χ1v) is 11.5. The summed E-state index contributed by atoms with van der Waals surface area (Å²) in [6, 6.07) is 10.9. The zero-order valence-electron chi connectivity index (χ0n) is 19.5. The summed E-state index contributed by atoms with van der Waals surface area (Å²) < 4.78 is 12.7. The second-order valence-electron chi connectivity index (χ2n) is 8.71. The van der Waals surface area contributed by atoms with Gasteiger partial charge in [0.05, 0.1) is 18.4 Å². The van der Waals surface area contributed by atoms with Crippen molar-refractivity contribution in [1.82, 2.24) is 9.38 Å². The van der Waals surface area contributed by atoms with Crippen LogP contribution in [0.25, 0.3) is 5.65 Å². The maximum Gasteiger partial charge on any atom is 0.337 e. The summed E-state index contributed by atoms with van der Waals surface area (Å²) in [7, 11) is 3.19. The Hall–Kier alpha value is -3.35. The number of aromatic nitrogens is 2. The monoisotopic (exact) mass is 449 g/mol. The summed E-state index contributed by atoms with van der Waals surface area (Å²) in [5.41, 5.74) is 2.88. The largest absolute Gasteiger partial charge is 0.485 e. The Labute approximate surface area is 194 Å². The maximum absolute atomic E-state index is 12.9. The first kappa shape index (κ1) is 22.8. The Bertz CT molecular complexity index is 1130. The number of ether oxygens (including phenoxy) is 2. The Morgan fingerprint density at radius 2 is 1.88 bits per heavy atom. The fourth-order valence-electron chi connectivity index (χ4n) is 4.59. The van der Waals surface area contributed by atoms with Crippen LogP contribution in [0.4, 0.5) is 5.82 Å². The van der Waals surface area contributed by atoms with E-state index in [4.69, 9.17) is 14.5 Å². The molecule has 2 heterocycles. The van der Waals surface area contributed by atoms with Gasteiger partial charge < -0.3 is 9.47 Å². The molecule has 0 N–H and O–H groups in total. The minimum Gasteiger partial charge on any atom is -0.485 e. The van der Waals surface area contributed by atoms with Crippen LogP contribution in [0.1, 0.15) is 60.1 Å². The molecule has 7 heteroatoms. The highest BCUT2D eigenvalue weighted by Crippen LogP contribution is 2.31. The number of nitrogens with zero attached hydrogens (tertiary/aromatic N) is 3. The molecule has 0 radical (unpaired) electrons. The van der Waals surface area contributed by atoms with E-state index in [1.807, 2.05) is 48.8 Å². The van der Waals surface area contributed by atoms with Gasteiger partial charge in [-0.1, -0.05) is 37.8 Å². The van der Waals surface area contributed by atoms with Crippen molar-refractivity contribution in [3.63, 3.8) is 0 Å². The lowest BCUT2D eigenvalue weighted by atomic mass is 10.0. The van der Waals surface area contributed by atoms with Crippen LogP contribution in [0.2, 0.25) is 0 Å². The van der Waals surface area contributed by atoms with Crippen molar-refractivity contribution in [2.75, 3.05) is 19.1 Å². The van der Waals surface area contributed by atoms with E-state index in [9.17, 15) is 9.59 Å². The first-order chi connectivity index (χ1) is 16.0. The molecule has 0 bridgehead atoms. The van der Waals surface area contributed by atoms with Gasteiger partial charge in [0.15, 0.2) is 11.4 Å². The molecule has 1 amide bonds. The third-order valence-corrected chi connectivity index (χ3v) is 6.46. The summed E-state index contributed by atoms with van der Waals surface area (Å²) in [6.45, 7) is 2.25.